The minimum absolute atomic E-state index is 0.00864. The molecule has 186 valence electrons. The Balaban J connectivity index is 1.49. The van der Waals surface area contributed by atoms with Crippen molar-refractivity contribution >= 4 is 34.4 Å². The van der Waals surface area contributed by atoms with Crippen molar-refractivity contribution in [3.63, 3.8) is 0 Å². The minimum Gasteiger partial charge on any atom is -0.506 e. The van der Waals surface area contributed by atoms with Gasteiger partial charge >= 0.3 is 5.97 Å². The summed E-state index contributed by atoms with van der Waals surface area (Å²) in [5.41, 5.74) is 7.31. The first kappa shape index (κ1) is 25.0. The van der Waals surface area contributed by atoms with E-state index in [0.29, 0.717) is 39.8 Å². The number of tetrazole rings is 1. The second-order valence-electron chi connectivity index (χ2n) is 8.01. The summed E-state index contributed by atoms with van der Waals surface area (Å²) in [6, 6.07) is 14.3. The summed E-state index contributed by atoms with van der Waals surface area (Å²) < 4.78 is 12.7. The summed E-state index contributed by atoms with van der Waals surface area (Å²) in [7, 11) is 0. The highest BCUT2D eigenvalue weighted by atomic mass is 32.2. The van der Waals surface area contributed by atoms with E-state index in [1.807, 2.05) is 38.1 Å². The lowest BCUT2D eigenvalue weighted by molar-refractivity contribution is -0.144. The molecule has 0 atom stereocenters. The number of primary amides is 1. The van der Waals surface area contributed by atoms with Crippen LogP contribution in [0.3, 0.4) is 0 Å². The number of aromatic nitrogens is 4. The van der Waals surface area contributed by atoms with Gasteiger partial charge in [0.1, 0.15) is 23.8 Å². The maximum absolute atomic E-state index is 11.9. The fraction of sp³-hybridized carbons (Fsp3) is 0.240. The van der Waals surface area contributed by atoms with Gasteiger partial charge in [-0.15, -0.1) is 5.10 Å². The number of nitrogens with two attached hydrogens (primary N) is 1. The minimum atomic E-state index is -0.742. The third-order valence-electron chi connectivity index (χ3n) is 5.32. The quantitative estimate of drug-likeness (QED) is 0.241. The van der Waals surface area contributed by atoms with E-state index >= 15 is 0 Å². The van der Waals surface area contributed by atoms with Crippen LogP contribution in [-0.2, 0) is 21.8 Å². The number of aromatic hydroxyl groups is 1. The van der Waals surface area contributed by atoms with Gasteiger partial charge in [-0.25, -0.2) is 4.68 Å². The molecular weight excluding hydrogens is 482 g/mol. The number of thioether (sulfide) groups is 1. The summed E-state index contributed by atoms with van der Waals surface area (Å²) in [4.78, 5) is 23.7. The molecule has 4 aromatic rings. The van der Waals surface area contributed by atoms with E-state index in [1.54, 1.807) is 18.2 Å². The standard InChI is InChI=1S/C25H25N5O5S/c1-3-10-34-22(31)13-30-25(27-28-29-30)36-14-16-8-9-20(15(2)11-16)35-21-12-19(24(26)33)23(32)18-7-5-4-6-17(18)21/h4-9,11-12,32H,3,10,13-14H2,1-2H3,(H2,26,33). The topological polar surface area (TPSA) is 142 Å². The molecule has 0 aliphatic heterocycles. The van der Waals surface area contributed by atoms with Crippen LogP contribution >= 0.6 is 11.8 Å². The monoisotopic (exact) mass is 507 g/mol. The molecule has 0 radical (unpaired) electrons. The van der Waals surface area contributed by atoms with Crippen LogP contribution in [0.25, 0.3) is 10.8 Å². The molecular formula is C25H25N5O5S. The second kappa shape index (κ2) is 11.1. The van der Waals surface area contributed by atoms with Crippen molar-refractivity contribution in [1.82, 2.24) is 20.2 Å². The molecule has 0 bridgehead atoms. The van der Waals surface area contributed by atoms with E-state index in [9.17, 15) is 14.7 Å². The number of hydrogen-bond donors (Lipinski definition) is 2. The Morgan fingerprint density at radius 3 is 2.61 bits per heavy atom. The number of aryl methyl sites for hydroxylation is 1. The van der Waals surface area contributed by atoms with Crippen LogP contribution < -0.4 is 10.5 Å². The zero-order valence-corrected chi connectivity index (χ0v) is 20.6. The van der Waals surface area contributed by atoms with Crippen LogP contribution in [0, 0.1) is 6.92 Å². The van der Waals surface area contributed by atoms with Crippen LogP contribution in [0.5, 0.6) is 17.2 Å². The van der Waals surface area contributed by atoms with Crippen molar-refractivity contribution < 1.29 is 24.2 Å². The highest BCUT2D eigenvalue weighted by Crippen LogP contribution is 2.38. The molecule has 0 aliphatic rings. The van der Waals surface area contributed by atoms with E-state index < -0.39 is 5.91 Å². The third-order valence-corrected chi connectivity index (χ3v) is 6.34. The average Bonchev–Trinajstić information content (AvgIpc) is 3.31. The Kier molecular flexibility index (Phi) is 7.69. The van der Waals surface area contributed by atoms with Gasteiger partial charge in [0.05, 0.1) is 12.2 Å². The molecule has 11 heteroatoms. The Hall–Kier alpha value is -4.12. The predicted octanol–water partition coefficient (Wildman–Crippen LogP) is 3.98. The van der Waals surface area contributed by atoms with Gasteiger partial charge in [-0.3, -0.25) is 9.59 Å². The summed E-state index contributed by atoms with van der Waals surface area (Å²) in [6.45, 7) is 4.15. The van der Waals surface area contributed by atoms with Gasteiger partial charge in [0.25, 0.3) is 5.91 Å². The average molecular weight is 508 g/mol. The fourth-order valence-corrected chi connectivity index (χ4v) is 4.38. The number of rotatable bonds is 10. The molecule has 0 saturated carbocycles. The Morgan fingerprint density at radius 2 is 1.89 bits per heavy atom. The van der Waals surface area contributed by atoms with Crippen LogP contribution in [-0.4, -0.2) is 43.8 Å². The molecule has 1 aromatic heterocycles. The lowest BCUT2D eigenvalue weighted by atomic mass is 10.0. The summed E-state index contributed by atoms with van der Waals surface area (Å²) >= 11 is 1.40. The Morgan fingerprint density at radius 1 is 1.11 bits per heavy atom. The van der Waals surface area contributed by atoms with Gasteiger partial charge in [-0.1, -0.05) is 55.1 Å². The van der Waals surface area contributed by atoms with Crippen LogP contribution in [0.15, 0.2) is 53.7 Å². The lowest BCUT2D eigenvalue weighted by Crippen LogP contribution is -2.16. The van der Waals surface area contributed by atoms with E-state index in [1.165, 1.54) is 22.5 Å². The van der Waals surface area contributed by atoms with Gasteiger partial charge < -0.3 is 20.3 Å². The van der Waals surface area contributed by atoms with Crippen LogP contribution in [0.1, 0.15) is 34.8 Å². The molecule has 0 saturated heterocycles. The Bertz CT molecular complexity index is 1420. The largest absolute Gasteiger partial charge is 0.506 e. The first-order chi connectivity index (χ1) is 17.4. The molecule has 1 heterocycles. The van der Waals surface area contributed by atoms with E-state index in [0.717, 1.165) is 17.5 Å². The number of carbonyl (C=O) groups excluding carboxylic acids is 2. The van der Waals surface area contributed by atoms with Crippen molar-refractivity contribution in [3.05, 3.63) is 65.2 Å². The van der Waals surface area contributed by atoms with Crippen LogP contribution in [0.2, 0.25) is 0 Å². The first-order valence-corrected chi connectivity index (χ1v) is 12.2. The number of phenols is 1. The zero-order valence-electron chi connectivity index (χ0n) is 19.8. The van der Waals surface area contributed by atoms with Gasteiger partial charge in [-0.2, -0.15) is 0 Å². The number of hydrogen-bond acceptors (Lipinski definition) is 9. The number of amides is 1. The van der Waals surface area contributed by atoms with E-state index in [4.69, 9.17) is 15.2 Å². The molecule has 36 heavy (non-hydrogen) atoms. The molecule has 0 aliphatic carbocycles. The summed E-state index contributed by atoms with van der Waals surface area (Å²) in [5, 5.41) is 23.6. The molecule has 3 aromatic carbocycles. The number of ether oxygens (including phenoxy) is 2. The summed E-state index contributed by atoms with van der Waals surface area (Å²) in [5.74, 6) is 0.280. The second-order valence-corrected chi connectivity index (χ2v) is 8.95. The van der Waals surface area contributed by atoms with Crippen molar-refractivity contribution in [2.75, 3.05) is 6.61 Å². The molecule has 0 unspecified atom stereocenters. The van der Waals surface area contributed by atoms with Crippen molar-refractivity contribution in [2.24, 2.45) is 5.73 Å². The number of esters is 1. The first-order valence-electron chi connectivity index (χ1n) is 11.2. The number of fused-ring (bicyclic) bond motifs is 1. The van der Waals surface area contributed by atoms with Gasteiger partial charge in [0.2, 0.25) is 5.16 Å². The zero-order chi connectivity index (χ0) is 25.7. The predicted molar refractivity (Wildman–Crippen MR) is 134 cm³/mol. The normalized spacial score (nSPS) is 10.9. The fourth-order valence-electron chi connectivity index (χ4n) is 3.56. The van der Waals surface area contributed by atoms with Crippen molar-refractivity contribution in [2.45, 2.75) is 37.7 Å². The Labute approximate surface area is 211 Å². The molecule has 0 spiro atoms. The molecule has 10 nitrogen and oxygen atoms in total. The maximum atomic E-state index is 11.9. The molecule has 1 amide bonds. The number of carbonyl (C=O) groups is 2. The van der Waals surface area contributed by atoms with Gasteiger partial charge in [-0.05, 0) is 47.0 Å². The molecule has 3 N–H and O–H groups in total. The van der Waals surface area contributed by atoms with Gasteiger partial charge in [0, 0.05) is 16.5 Å². The molecule has 0 fully saturated rings. The van der Waals surface area contributed by atoms with E-state index in [-0.39, 0.29) is 23.8 Å². The van der Waals surface area contributed by atoms with Gasteiger partial charge in [0.15, 0.2) is 0 Å². The number of benzene rings is 3. The lowest BCUT2D eigenvalue weighted by Gasteiger charge is -2.14. The highest BCUT2D eigenvalue weighted by molar-refractivity contribution is 7.98. The summed E-state index contributed by atoms with van der Waals surface area (Å²) in [6.07, 6.45) is 0.747. The number of nitrogens with zero attached hydrogens (tertiary/aromatic N) is 4. The van der Waals surface area contributed by atoms with Crippen molar-refractivity contribution in [3.8, 4) is 17.2 Å². The van der Waals surface area contributed by atoms with Crippen molar-refractivity contribution in [1.29, 1.82) is 0 Å². The SMILES string of the molecule is CCCOC(=O)Cn1nnnc1SCc1ccc(Oc2cc(C(N)=O)c(O)c3ccccc23)c(C)c1. The third kappa shape index (κ3) is 5.57. The van der Waals surface area contributed by atoms with E-state index in [2.05, 4.69) is 15.5 Å². The molecule has 4 rings (SSSR count). The smallest absolute Gasteiger partial charge is 0.327 e. The maximum Gasteiger partial charge on any atom is 0.327 e. The van der Waals surface area contributed by atoms with Crippen LogP contribution in [0.4, 0.5) is 0 Å². The highest BCUT2D eigenvalue weighted by Gasteiger charge is 2.17.